The van der Waals surface area contributed by atoms with Gasteiger partial charge in [-0.1, -0.05) is 11.8 Å². The van der Waals surface area contributed by atoms with E-state index in [1.165, 1.54) is 11.8 Å². The van der Waals surface area contributed by atoms with Crippen molar-refractivity contribution in [1.29, 1.82) is 0 Å². The maximum atomic E-state index is 11.6. The van der Waals surface area contributed by atoms with Gasteiger partial charge in [0.05, 0.1) is 30.2 Å². The fourth-order valence-corrected chi connectivity index (χ4v) is 5.34. The number of hydrogen-bond acceptors (Lipinski definition) is 8. The number of nitrogens with one attached hydrogen (secondary N) is 2. The summed E-state index contributed by atoms with van der Waals surface area (Å²) in [7, 11) is 1.64. The van der Waals surface area contributed by atoms with Gasteiger partial charge in [-0.05, 0) is 67.4 Å². The minimum atomic E-state index is -0.586. The minimum Gasteiger partial charge on any atom is -0.497 e. The Morgan fingerprint density at radius 2 is 2.12 bits per heavy atom. The van der Waals surface area contributed by atoms with Gasteiger partial charge < -0.3 is 25.4 Å². The van der Waals surface area contributed by atoms with Crippen molar-refractivity contribution in [1.82, 2.24) is 20.2 Å². The van der Waals surface area contributed by atoms with Gasteiger partial charge in [-0.15, -0.1) is 0 Å². The van der Waals surface area contributed by atoms with Crippen LogP contribution < -0.4 is 15.4 Å². The normalized spacial score (nSPS) is 17.9. The molecule has 1 atom stereocenters. The number of thioether (sulfide) groups is 1. The molecule has 2 aromatic heterocycles. The van der Waals surface area contributed by atoms with Gasteiger partial charge in [0.15, 0.2) is 0 Å². The number of piperidine rings is 1. The monoisotopic (exact) mass is 479 g/mol. The molecule has 1 amide bonds. The zero-order valence-corrected chi connectivity index (χ0v) is 20.0. The number of anilines is 1. The topological polar surface area (TPSA) is 99.6 Å². The van der Waals surface area contributed by atoms with Crippen LogP contribution in [0.5, 0.6) is 5.75 Å². The third-order valence-electron chi connectivity index (χ3n) is 6.48. The van der Waals surface area contributed by atoms with E-state index in [9.17, 15) is 9.90 Å². The van der Waals surface area contributed by atoms with E-state index >= 15 is 0 Å². The van der Waals surface area contributed by atoms with Gasteiger partial charge in [0.25, 0.3) is 0 Å². The number of carbonyl (C=O) groups is 1. The number of ether oxygens (including phenoxy) is 1. The molecule has 3 N–H and O–H groups in total. The SMILES string of the molecule is COc1ccc2nccc(C(O)CN3CCC(NCc4cnc5c(c4)NC(=O)CS5)CC3)c2c1. The molecule has 178 valence electrons. The highest BCUT2D eigenvalue weighted by molar-refractivity contribution is 8.00. The second-order valence-electron chi connectivity index (χ2n) is 8.79. The Kier molecular flexibility index (Phi) is 6.96. The standard InChI is InChI=1S/C25H29N5O3S/c1-33-18-2-3-21-20(11-18)19(4-7-26-21)23(31)14-30-8-5-17(6-9-30)27-12-16-10-22-25(28-13-16)34-15-24(32)29-22/h2-4,7,10-11,13,17,23,27,31H,5-6,8-9,12,14-15H2,1H3,(H,29,32). The van der Waals surface area contributed by atoms with Crippen molar-refractivity contribution >= 4 is 34.3 Å². The molecule has 0 spiro atoms. The Hall–Kier alpha value is -2.72. The summed E-state index contributed by atoms with van der Waals surface area (Å²) in [4.78, 5) is 22.8. The number of rotatable bonds is 7. The first-order chi connectivity index (χ1) is 16.6. The number of hydrogen-bond donors (Lipinski definition) is 3. The first kappa shape index (κ1) is 23.0. The van der Waals surface area contributed by atoms with Crippen LogP contribution in [0.2, 0.25) is 0 Å². The summed E-state index contributed by atoms with van der Waals surface area (Å²) in [6.45, 7) is 3.17. The maximum absolute atomic E-state index is 11.6. The molecule has 0 radical (unpaired) electrons. The van der Waals surface area contributed by atoms with Crippen LogP contribution in [-0.2, 0) is 11.3 Å². The number of aliphatic hydroxyl groups excluding tert-OH is 1. The largest absolute Gasteiger partial charge is 0.497 e. The predicted octanol–water partition coefficient (Wildman–Crippen LogP) is 2.97. The maximum Gasteiger partial charge on any atom is 0.234 e. The lowest BCUT2D eigenvalue weighted by Gasteiger charge is -2.34. The van der Waals surface area contributed by atoms with E-state index in [-0.39, 0.29) is 5.91 Å². The molecule has 1 unspecified atom stereocenters. The lowest BCUT2D eigenvalue weighted by atomic mass is 10.0. The van der Waals surface area contributed by atoms with Crippen LogP contribution in [0.15, 0.2) is 47.8 Å². The summed E-state index contributed by atoms with van der Waals surface area (Å²) < 4.78 is 5.36. The van der Waals surface area contributed by atoms with Crippen molar-refractivity contribution in [2.45, 2.75) is 36.6 Å². The summed E-state index contributed by atoms with van der Waals surface area (Å²) in [5, 5.41) is 19.3. The van der Waals surface area contributed by atoms with Crippen molar-refractivity contribution in [3.05, 3.63) is 53.9 Å². The summed E-state index contributed by atoms with van der Waals surface area (Å²) in [5.74, 6) is 1.21. The number of nitrogens with zero attached hydrogens (tertiary/aromatic N) is 3. The van der Waals surface area contributed by atoms with Gasteiger partial charge >= 0.3 is 0 Å². The van der Waals surface area contributed by atoms with Crippen molar-refractivity contribution < 1.29 is 14.6 Å². The number of likely N-dealkylation sites (tertiary alicyclic amines) is 1. The number of fused-ring (bicyclic) bond motifs is 2. The molecule has 2 aliphatic heterocycles. The molecule has 8 nitrogen and oxygen atoms in total. The van der Waals surface area contributed by atoms with Crippen molar-refractivity contribution in [2.24, 2.45) is 0 Å². The third kappa shape index (κ3) is 5.17. The van der Waals surface area contributed by atoms with E-state index in [0.29, 0.717) is 18.3 Å². The fourth-order valence-electron chi connectivity index (χ4n) is 4.61. The highest BCUT2D eigenvalue weighted by Crippen LogP contribution is 2.30. The molecule has 3 aromatic rings. The molecule has 0 saturated carbocycles. The van der Waals surface area contributed by atoms with Crippen molar-refractivity contribution in [3.8, 4) is 5.75 Å². The van der Waals surface area contributed by atoms with Crippen molar-refractivity contribution in [2.75, 3.05) is 37.8 Å². The first-order valence-corrected chi connectivity index (χ1v) is 12.6. The molecule has 34 heavy (non-hydrogen) atoms. The quantitative estimate of drug-likeness (QED) is 0.476. The molecule has 9 heteroatoms. The Bertz CT molecular complexity index is 1180. The number of β-amino-alcohol motifs (C(OH)–C–C–N with tert-alkyl or cyclic N) is 1. The molecule has 1 fully saturated rings. The average Bonchev–Trinajstić information content (AvgIpc) is 2.87. The Morgan fingerprint density at radius 3 is 2.94 bits per heavy atom. The Morgan fingerprint density at radius 1 is 1.26 bits per heavy atom. The van der Waals surface area contributed by atoms with Gasteiger partial charge in [-0.3, -0.25) is 9.78 Å². The molecule has 1 saturated heterocycles. The second-order valence-corrected chi connectivity index (χ2v) is 9.75. The van der Waals surface area contributed by atoms with Gasteiger partial charge in [0.1, 0.15) is 10.8 Å². The van der Waals surface area contributed by atoms with Gasteiger partial charge in [0.2, 0.25) is 5.91 Å². The van der Waals surface area contributed by atoms with Crippen LogP contribution in [0.4, 0.5) is 5.69 Å². The van der Waals surface area contributed by atoms with E-state index in [4.69, 9.17) is 4.74 Å². The zero-order valence-electron chi connectivity index (χ0n) is 19.2. The highest BCUT2D eigenvalue weighted by atomic mass is 32.2. The smallest absolute Gasteiger partial charge is 0.234 e. The van der Waals surface area contributed by atoms with Crippen LogP contribution in [0.1, 0.15) is 30.1 Å². The van der Waals surface area contributed by atoms with Crippen LogP contribution in [-0.4, -0.2) is 64.4 Å². The lowest BCUT2D eigenvalue weighted by molar-refractivity contribution is -0.113. The van der Waals surface area contributed by atoms with Crippen LogP contribution in [0.25, 0.3) is 10.9 Å². The van der Waals surface area contributed by atoms with Gasteiger partial charge in [-0.2, -0.15) is 0 Å². The molecule has 0 bridgehead atoms. The van der Waals surface area contributed by atoms with E-state index in [2.05, 4.69) is 25.5 Å². The highest BCUT2D eigenvalue weighted by Gasteiger charge is 2.23. The van der Waals surface area contributed by atoms with Gasteiger partial charge in [0, 0.05) is 36.9 Å². The molecular formula is C25H29N5O3S. The number of benzene rings is 1. The molecule has 5 rings (SSSR count). The van der Waals surface area contributed by atoms with E-state index in [1.54, 1.807) is 13.3 Å². The second kappa shape index (κ2) is 10.3. The zero-order chi connectivity index (χ0) is 23.5. The molecule has 2 aliphatic rings. The van der Waals surface area contributed by atoms with E-state index < -0.39 is 6.10 Å². The molecular weight excluding hydrogens is 450 g/mol. The number of aliphatic hydroxyl groups is 1. The van der Waals surface area contributed by atoms with Crippen molar-refractivity contribution in [3.63, 3.8) is 0 Å². The molecule has 1 aromatic carbocycles. The van der Waals surface area contributed by atoms with Crippen LogP contribution in [0, 0.1) is 0 Å². The fraction of sp³-hybridized carbons (Fsp3) is 0.400. The number of aromatic nitrogens is 2. The average molecular weight is 480 g/mol. The summed E-state index contributed by atoms with van der Waals surface area (Å²) in [6, 6.07) is 10.1. The van der Waals surface area contributed by atoms with E-state index in [0.717, 1.165) is 71.0 Å². The van der Waals surface area contributed by atoms with E-state index in [1.807, 2.05) is 36.5 Å². The molecule has 0 aliphatic carbocycles. The Balaban J connectivity index is 1.14. The number of pyridine rings is 2. The summed E-state index contributed by atoms with van der Waals surface area (Å²) in [6.07, 6.45) is 5.08. The van der Waals surface area contributed by atoms with Crippen LogP contribution >= 0.6 is 11.8 Å². The molecule has 4 heterocycles. The number of amides is 1. The number of carbonyl (C=O) groups excluding carboxylic acids is 1. The minimum absolute atomic E-state index is 0.0258. The van der Waals surface area contributed by atoms with Crippen LogP contribution in [0.3, 0.4) is 0 Å². The first-order valence-electron chi connectivity index (χ1n) is 11.6. The summed E-state index contributed by atoms with van der Waals surface area (Å²) >= 11 is 1.48. The third-order valence-corrected chi connectivity index (χ3v) is 7.48. The Labute approximate surface area is 203 Å². The van der Waals surface area contributed by atoms with Gasteiger partial charge in [-0.25, -0.2) is 4.98 Å². The number of methoxy groups -OCH3 is 1. The summed E-state index contributed by atoms with van der Waals surface area (Å²) in [5.41, 5.74) is 3.62. The lowest BCUT2D eigenvalue weighted by Crippen LogP contribution is -2.43. The predicted molar refractivity (Wildman–Crippen MR) is 133 cm³/mol.